The average molecular weight is 315 g/mol. The largest absolute Gasteiger partial charge is 0.371 e. The molecule has 1 unspecified atom stereocenters. The fourth-order valence-electron chi connectivity index (χ4n) is 1.99. The summed E-state index contributed by atoms with van der Waals surface area (Å²) in [6.07, 6.45) is 1.83. The Morgan fingerprint density at radius 3 is 2.94 bits per heavy atom. The number of carbonyl (C=O) groups is 1. The van der Waals surface area contributed by atoms with Crippen LogP contribution in [-0.2, 0) is 4.79 Å². The van der Waals surface area contributed by atoms with Crippen LogP contribution in [0.4, 0.5) is 5.69 Å². The molecule has 5 heteroatoms. The molecule has 1 aliphatic heterocycles. The highest BCUT2D eigenvalue weighted by atomic mass is 79.9. The van der Waals surface area contributed by atoms with Crippen molar-refractivity contribution in [3.63, 3.8) is 0 Å². The van der Waals surface area contributed by atoms with Crippen molar-refractivity contribution in [2.75, 3.05) is 16.8 Å². The number of nitrogens with two attached hydrogens (primary N) is 1. The second kappa shape index (κ2) is 5.31. The second-order valence-electron chi connectivity index (χ2n) is 4.24. The van der Waals surface area contributed by atoms with Gasteiger partial charge in [-0.1, -0.05) is 22.0 Å². The van der Waals surface area contributed by atoms with E-state index in [4.69, 9.17) is 5.73 Å². The first-order valence-corrected chi connectivity index (χ1v) is 7.49. The third kappa shape index (κ3) is 2.96. The van der Waals surface area contributed by atoms with Gasteiger partial charge in [-0.05, 0) is 36.8 Å². The lowest BCUT2D eigenvalue weighted by molar-refractivity contribution is -0.121. The quantitative estimate of drug-likeness (QED) is 0.901. The Labute approximate surface area is 114 Å². The zero-order valence-electron chi connectivity index (χ0n) is 9.41. The molecule has 0 radical (unpaired) electrons. The van der Waals surface area contributed by atoms with Crippen molar-refractivity contribution in [1.29, 1.82) is 0 Å². The van der Waals surface area contributed by atoms with E-state index in [0.29, 0.717) is 0 Å². The van der Waals surface area contributed by atoms with E-state index in [0.717, 1.165) is 34.5 Å². The number of anilines is 1. The normalized spacial score (nSPS) is 24.3. The molecule has 1 atom stereocenters. The SMILES string of the molecule is NC(=O)C1(Nc2cccc(Br)c2)CCCSC1. The molecule has 0 bridgehead atoms. The third-order valence-electron chi connectivity index (χ3n) is 2.92. The predicted octanol–water partition coefficient (Wildman–Crippen LogP) is 2.61. The highest BCUT2D eigenvalue weighted by molar-refractivity contribution is 9.10. The summed E-state index contributed by atoms with van der Waals surface area (Å²) in [4.78, 5) is 11.7. The van der Waals surface area contributed by atoms with Gasteiger partial charge in [-0.25, -0.2) is 0 Å². The minimum atomic E-state index is -0.594. The molecular formula is C12H15BrN2OS. The van der Waals surface area contributed by atoms with E-state index < -0.39 is 5.54 Å². The molecule has 2 rings (SSSR count). The minimum absolute atomic E-state index is 0.260. The van der Waals surface area contributed by atoms with Crippen molar-refractivity contribution < 1.29 is 4.79 Å². The Morgan fingerprint density at radius 1 is 1.53 bits per heavy atom. The van der Waals surface area contributed by atoms with E-state index in [9.17, 15) is 4.79 Å². The van der Waals surface area contributed by atoms with Gasteiger partial charge in [0.05, 0.1) is 0 Å². The molecule has 3 nitrogen and oxygen atoms in total. The molecule has 17 heavy (non-hydrogen) atoms. The molecule has 1 aromatic rings. The first-order valence-electron chi connectivity index (χ1n) is 5.54. The zero-order chi connectivity index (χ0) is 12.3. The number of carbonyl (C=O) groups excluding carboxylic acids is 1. The number of thioether (sulfide) groups is 1. The number of hydrogen-bond acceptors (Lipinski definition) is 3. The molecule has 1 fully saturated rings. The minimum Gasteiger partial charge on any atom is -0.371 e. The van der Waals surface area contributed by atoms with Gasteiger partial charge >= 0.3 is 0 Å². The van der Waals surface area contributed by atoms with Crippen LogP contribution < -0.4 is 11.1 Å². The van der Waals surface area contributed by atoms with Crippen LogP contribution in [0.3, 0.4) is 0 Å². The van der Waals surface area contributed by atoms with E-state index in [1.165, 1.54) is 0 Å². The number of amides is 1. The van der Waals surface area contributed by atoms with E-state index in [2.05, 4.69) is 21.2 Å². The van der Waals surface area contributed by atoms with Crippen molar-refractivity contribution in [3.05, 3.63) is 28.7 Å². The van der Waals surface area contributed by atoms with Gasteiger partial charge in [-0.15, -0.1) is 0 Å². The number of rotatable bonds is 3. The average Bonchev–Trinajstić information content (AvgIpc) is 2.30. The van der Waals surface area contributed by atoms with Crippen LogP contribution in [0.2, 0.25) is 0 Å². The van der Waals surface area contributed by atoms with Gasteiger partial charge in [0.25, 0.3) is 0 Å². The Kier molecular flexibility index (Phi) is 3.99. The lowest BCUT2D eigenvalue weighted by atomic mass is 9.94. The van der Waals surface area contributed by atoms with E-state index in [1.54, 1.807) is 11.8 Å². The molecule has 1 amide bonds. The molecule has 0 saturated carbocycles. The van der Waals surface area contributed by atoms with Crippen molar-refractivity contribution in [3.8, 4) is 0 Å². The molecule has 92 valence electrons. The second-order valence-corrected chi connectivity index (χ2v) is 6.26. The summed E-state index contributed by atoms with van der Waals surface area (Å²) in [5.74, 6) is 1.59. The predicted molar refractivity (Wildman–Crippen MR) is 76.2 cm³/mol. The maximum atomic E-state index is 11.7. The standard InChI is InChI=1S/C12H15BrN2OS/c13-9-3-1-4-10(7-9)15-12(11(14)16)5-2-6-17-8-12/h1,3-4,7,15H,2,5-6,8H2,(H2,14,16). The van der Waals surface area contributed by atoms with Crippen LogP contribution in [0.25, 0.3) is 0 Å². The molecule has 3 N–H and O–H groups in total. The van der Waals surface area contributed by atoms with Crippen LogP contribution in [0.15, 0.2) is 28.7 Å². The van der Waals surface area contributed by atoms with Crippen LogP contribution in [0.5, 0.6) is 0 Å². The molecule has 0 spiro atoms. The molecular weight excluding hydrogens is 300 g/mol. The zero-order valence-corrected chi connectivity index (χ0v) is 11.8. The highest BCUT2D eigenvalue weighted by Gasteiger charge is 2.38. The molecule has 1 saturated heterocycles. The smallest absolute Gasteiger partial charge is 0.243 e. The van der Waals surface area contributed by atoms with E-state index >= 15 is 0 Å². The van der Waals surface area contributed by atoms with Crippen molar-refractivity contribution in [1.82, 2.24) is 0 Å². The summed E-state index contributed by atoms with van der Waals surface area (Å²) in [6.45, 7) is 0. The van der Waals surface area contributed by atoms with Gasteiger partial charge in [0.1, 0.15) is 5.54 Å². The Balaban J connectivity index is 2.20. The van der Waals surface area contributed by atoms with Gasteiger partial charge < -0.3 is 11.1 Å². The summed E-state index contributed by atoms with van der Waals surface area (Å²) in [6, 6.07) is 7.81. The number of primary amides is 1. The van der Waals surface area contributed by atoms with Crippen LogP contribution >= 0.6 is 27.7 Å². The molecule has 1 heterocycles. The molecule has 1 aromatic carbocycles. The van der Waals surface area contributed by atoms with E-state index in [1.807, 2.05) is 24.3 Å². The van der Waals surface area contributed by atoms with Gasteiger partial charge in [-0.2, -0.15) is 11.8 Å². The van der Waals surface area contributed by atoms with Crippen LogP contribution in [-0.4, -0.2) is 23.0 Å². The highest BCUT2D eigenvalue weighted by Crippen LogP contribution is 2.30. The maximum absolute atomic E-state index is 11.7. The summed E-state index contributed by atoms with van der Waals surface area (Å²) >= 11 is 5.20. The fraction of sp³-hybridized carbons (Fsp3) is 0.417. The maximum Gasteiger partial charge on any atom is 0.243 e. The summed E-state index contributed by atoms with van der Waals surface area (Å²) in [5.41, 5.74) is 5.90. The topological polar surface area (TPSA) is 55.1 Å². The van der Waals surface area contributed by atoms with Gasteiger partial charge in [0.15, 0.2) is 0 Å². The Hall–Kier alpha value is -0.680. The van der Waals surface area contributed by atoms with Gasteiger partial charge in [0, 0.05) is 15.9 Å². The first-order chi connectivity index (χ1) is 8.12. The van der Waals surface area contributed by atoms with Gasteiger partial charge in [0.2, 0.25) is 5.91 Å². The van der Waals surface area contributed by atoms with Crippen molar-refractivity contribution >= 4 is 39.3 Å². The van der Waals surface area contributed by atoms with Gasteiger partial charge in [-0.3, -0.25) is 4.79 Å². The van der Waals surface area contributed by atoms with Crippen LogP contribution in [0.1, 0.15) is 12.8 Å². The van der Waals surface area contributed by atoms with Crippen LogP contribution in [0, 0.1) is 0 Å². The molecule has 0 aromatic heterocycles. The van der Waals surface area contributed by atoms with Crippen molar-refractivity contribution in [2.45, 2.75) is 18.4 Å². The Bertz CT molecular complexity index is 419. The number of halogens is 1. The summed E-state index contributed by atoms with van der Waals surface area (Å²) < 4.78 is 0.991. The lowest BCUT2D eigenvalue weighted by Gasteiger charge is -2.35. The lowest BCUT2D eigenvalue weighted by Crippen LogP contribution is -2.54. The van der Waals surface area contributed by atoms with E-state index in [-0.39, 0.29) is 5.91 Å². The van der Waals surface area contributed by atoms with Crippen molar-refractivity contribution in [2.24, 2.45) is 5.73 Å². The first kappa shape index (κ1) is 12.8. The molecule has 0 aliphatic carbocycles. The molecule has 1 aliphatic rings. The fourth-order valence-corrected chi connectivity index (χ4v) is 3.59. The Morgan fingerprint density at radius 2 is 2.35 bits per heavy atom. The summed E-state index contributed by atoms with van der Waals surface area (Å²) in [5, 5.41) is 3.31. The third-order valence-corrected chi connectivity index (χ3v) is 4.69. The summed E-state index contributed by atoms with van der Waals surface area (Å²) in [7, 11) is 0. The number of nitrogens with one attached hydrogen (secondary N) is 1. The number of hydrogen-bond donors (Lipinski definition) is 2. The number of benzene rings is 1. The monoisotopic (exact) mass is 314 g/mol.